The fourth-order valence-electron chi connectivity index (χ4n) is 4.93. The van der Waals surface area contributed by atoms with Crippen molar-refractivity contribution in [1.29, 1.82) is 0 Å². The minimum absolute atomic E-state index is 0.151. The number of piperidine rings is 1. The first-order valence-electron chi connectivity index (χ1n) is 10.1. The molecule has 0 radical (unpaired) electrons. The predicted molar refractivity (Wildman–Crippen MR) is 105 cm³/mol. The van der Waals surface area contributed by atoms with Crippen LogP contribution < -0.4 is 0 Å². The molecule has 0 spiro atoms. The quantitative estimate of drug-likeness (QED) is 0.624. The highest BCUT2D eigenvalue weighted by molar-refractivity contribution is 6.07. The Labute approximate surface area is 159 Å². The molecule has 27 heavy (non-hydrogen) atoms. The van der Waals surface area contributed by atoms with Crippen LogP contribution in [0.25, 0.3) is 22.4 Å². The molecular weight excluding hydrogens is 336 g/mol. The molecular formula is C23H24N2O2. The van der Waals surface area contributed by atoms with Crippen LogP contribution in [-0.4, -0.2) is 28.4 Å². The second-order valence-electron chi connectivity index (χ2n) is 7.80. The lowest BCUT2D eigenvalue weighted by Crippen LogP contribution is -2.49. The Kier molecular flexibility index (Phi) is 4.19. The van der Waals surface area contributed by atoms with Crippen LogP contribution in [0.15, 0.2) is 53.1 Å². The number of furan rings is 1. The fraction of sp³-hybridized carbons (Fsp3) is 0.391. The Morgan fingerprint density at radius 3 is 2.78 bits per heavy atom. The summed E-state index contributed by atoms with van der Waals surface area (Å²) in [5, 5.41) is 0.927. The minimum atomic E-state index is 0.151. The van der Waals surface area contributed by atoms with E-state index in [1.165, 1.54) is 25.7 Å². The zero-order valence-corrected chi connectivity index (χ0v) is 15.4. The predicted octanol–water partition coefficient (Wildman–Crippen LogP) is 5.29. The van der Waals surface area contributed by atoms with Gasteiger partial charge in [-0.15, -0.1) is 0 Å². The summed E-state index contributed by atoms with van der Waals surface area (Å²) < 4.78 is 5.55. The number of nitrogens with zero attached hydrogens (tertiary/aromatic N) is 2. The minimum Gasteiger partial charge on any atom is -0.463 e. The van der Waals surface area contributed by atoms with Crippen molar-refractivity contribution in [3.05, 3.63) is 54.3 Å². The van der Waals surface area contributed by atoms with E-state index in [4.69, 9.17) is 9.40 Å². The van der Waals surface area contributed by atoms with Gasteiger partial charge >= 0.3 is 0 Å². The van der Waals surface area contributed by atoms with E-state index in [9.17, 15) is 4.79 Å². The van der Waals surface area contributed by atoms with Crippen molar-refractivity contribution < 1.29 is 9.21 Å². The summed E-state index contributed by atoms with van der Waals surface area (Å²) in [6.45, 7) is 0.868. The molecule has 4 heteroatoms. The third kappa shape index (κ3) is 2.93. The summed E-state index contributed by atoms with van der Waals surface area (Å²) in [5.74, 6) is 1.52. The number of hydrogen-bond acceptors (Lipinski definition) is 3. The van der Waals surface area contributed by atoms with E-state index >= 15 is 0 Å². The van der Waals surface area contributed by atoms with Gasteiger partial charge in [0.15, 0.2) is 5.76 Å². The summed E-state index contributed by atoms with van der Waals surface area (Å²) in [7, 11) is 0. The topological polar surface area (TPSA) is 46.3 Å². The van der Waals surface area contributed by atoms with Crippen molar-refractivity contribution in [3.63, 3.8) is 0 Å². The van der Waals surface area contributed by atoms with Gasteiger partial charge in [0.1, 0.15) is 5.69 Å². The molecule has 4 nitrogen and oxygen atoms in total. The Morgan fingerprint density at radius 1 is 1.04 bits per heavy atom. The largest absolute Gasteiger partial charge is 0.463 e. The standard InChI is InChI=1S/C23H24N2O2/c26-23(25-13-5-8-16-7-1-4-11-21(16)25)18-15-20(22-12-6-14-27-22)24-19-10-3-2-9-17(18)19/h2-3,6,9-10,12,14-16,21H,1,4-5,7-8,11,13H2. The molecule has 3 aromatic rings. The number of amides is 1. The summed E-state index contributed by atoms with van der Waals surface area (Å²) in [6, 6.07) is 14.0. The highest BCUT2D eigenvalue weighted by Gasteiger charge is 2.36. The van der Waals surface area contributed by atoms with E-state index in [0.717, 1.165) is 41.5 Å². The van der Waals surface area contributed by atoms with Gasteiger partial charge in [-0.3, -0.25) is 4.79 Å². The number of benzene rings is 1. The molecule has 138 valence electrons. The molecule has 0 N–H and O–H groups in total. The van der Waals surface area contributed by atoms with Crippen molar-refractivity contribution >= 4 is 16.8 Å². The monoisotopic (exact) mass is 360 g/mol. The molecule has 2 fully saturated rings. The number of pyridine rings is 1. The first-order valence-corrected chi connectivity index (χ1v) is 10.1. The maximum Gasteiger partial charge on any atom is 0.254 e. The van der Waals surface area contributed by atoms with Crippen LogP contribution in [0.4, 0.5) is 0 Å². The molecule has 2 aliphatic rings. The molecule has 3 heterocycles. The number of para-hydroxylation sites is 1. The zero-order chi connectivity index (χ0) is 18.2. The number of aromatic nitrogens is 1. The number of likely N-dealkylation sites (tertiary alicyclic amines) is 1. The van der Waals surface area contributed by atoms with Crippen LogP contribution in [0.2, 0.25) is 0 Å². The molecule has 1 saturated heterocycles. The Morgan fingerprint density at radius 2 is 1.89 bits per heavy atom. The maximum absolute atomic E-state index is 13.7. The smallest absolute Gasteiger partial charge is 0.254 e. The van der Waals surface area contributed by atoms with Gasteiger partial charge < -0.3 is 9.32 Å². The van der Waals surface area contributed by atoms with Crippen LogP contribution in [0.3, 0.4) is 0 Å². The number of carbonyl (C=O) groups is 1. The van der Waals surface area contributed by atoms with Gasteiger partial charge in [0, 0.05) is 18.0 Å². The third-order valence-corrected chi connectivity index (χ3v) is 6.22. The van der Waals surface area contributed by atoms with Gasteiger partial charge in [0.2, 0.25) is 0 Å². The van der Waals surface area contributed by atoms with Crippen LogP contribution >= 0.6 is 0 Å². The number of hydrogen-bond donors (Lipinski definition) is 0. The highest BCUT2D eigenvalue weighted by atomic mass is 16.3. The number of fused-ring (bicyclic) bond motifs is 2. The average molecular weight is 360 g/mol. The SMILES string of the molecule is O=C(c1cc(-c2ccco2)nc2ccccc12)N1CCCC2CCCCC21. The molecule has 1 aliphatic carbocycles. The molecule has 2 aromatic heterocycles. The average Bonchev–Trinajstić information content (AvgIpc) is 3.27. The first kappa shape index (κ1) is 16.5. The van der Waals surface area contributed by atoms with Crippen LogP contribution in [-0.2, 0) is 0 Å². The molecule has 0 bridgehead atoms. The number of rotatable bonds is 2. The highest BCUT2D eigenvalue weighted by Crippen LogP contribution is 2.37. The Balaban J connectivity index is 1.59. The van der Waals surface area contributed by atoms with E-state index in [1.807, 2.05) is 42.5 Å². The van der Waals surface area contributed by atoms with Gasteiger partial charge in [0.25, 0.3) is 5.91 Å². The van der Waals surface area contributed by atoms with E-state index in [1.54, 1.807) is 6.26 Å². The summed E-state index contributed by atoms with van der Waals surface area (Å²) in [4.78, 5) is 20.5. The molecule has 5 rings (SSSR count). The van der Waals surface area contributed by atoms with E-state index < -0.39 is 0 Å². The fourth-order valence-corrected chi connectivity index (χ4v) is 4.93. The second kappa shape index (κ2) is 6.84. The van der Waals surface area contributed by atoms with Crippen LogP contribution in [0.5, 0.6) is 0 Å². The van der Waals surface area contributed by atoms with Crippen molar-refractivity contribution in [1.82, 2.24) is 9.88 Å². The van der Waals surface area contributed by atoms with Gasteiger partial charge in [-0.05, 0) is 55.9 Å². The molecule has 2 unspecified atom stereocenters. The first-order chi connectivity index (χ1) is 13.3. The van der Waals surface area contributed by atoms with Gasteiger partial charge in [-0.1, -0.05) is 31.0 Å². The van der Waals surface area contributed by atoms with Crippen LogP contribution in [0.1, 0.15) is 48.9 Å². The van der Waals surface area contributed by atoms with Crippen molar-refractivity contribution in [2.24, 2.45) is 5.92 Å². The maximum atomic E-state index is 13.7. The van der Waals surface area contributed by atoms with Gasteiger partial charge in [-0.2, -0.15) is 0 Å². The Hall–Kier alpha value is -2.62. The van der Waals surface area contributed by atoms with E-state index in [-0.39, 0.29) is 5.91 Å². The summed E-state index contributed by atoms with van der Waals surface area (Å²) >= 11 is 0. The van der Waals surface area contributed by atoms with Crippen molar-refractivity contribution in [3.8, 4) is 11.5 Å². The van der Waals surface area contributed by atoms with Gasteiger partial charge in [-0.25, -0.2) is 4.98 Å². The lowest BCUT2D eigenvalue weighted by atomic mass is 9.78. The lowest BCUT2D eigenvalue weighted by molar-refractivity contribution is 0.0392. The van der Waals surface area contributed by atoms with Crippen LogP contribution in [0, 0.1) is 5.92 Å². The lowest BCUT2D eigenvalue weighted by Gasteiger charge is -2.44. The normalized spacial score (nSPS) is 22.6. The molecule has 1 aliphatic heterocycles. The third-order valence-electron chi connectivity index (χ3n) is 6.22. The molecule has 1 aromatic carbocycles. The zero-order valence-electron chi connectivity index (χ0n) is 15.4. The van der Waals surface area contributed by atoms with Gasteiger partial charge in [0.05, 0.1) is 17.3 Å². The summed E-state index contributed by atoms with van der Waals surface area (Å²) in [6.07, 6.45) is 8.98. The molecule has 1 saturated carbocycles. The molecule has 2 atom stereocenters. The van der Waals surface area contributed by atoms with Crippen molar-refractivity contribution in [2.75, 3.05) is 6.54 Å². The molecule has 1 amide bonds. The van der Waals surface area contributed by atoms with Crippen molar-refractivity contribution in [2.45, 2.75) is 44.6 Å². The van der Waals surface area contributed by atoms with E-state index in [0.29, 0.717) is 17.7 Å². The number of carbonyl (C=O) groups excluding carboxylic acids is 1. The second-order valence-corrected chi connectivity index (χ2v) is 7.80. The van der Waals surface area contributed by atoms with E-state index in [2.05, 4.69) is 4.90 Å². The Bertz CT molecular complexity index is 962. The summed E-state index contributed by atoms with van der Waals surface area (Å²) in [5.41, 5.74) is 2.31.